The largest absolute Gasteiger partial charge is 0.508 e. The minimum absolute atomic E-state index is 0.0563. The highest BCUT2D eigenvalue weighted by molar-refractivity contribution is 6.24. The fraction of sp³-hybridized carbons (Fsp3) is 0.400. The number of aliphatic hydroxyl groups is 3. The molecule has 0 aromatic heterocycles. The van der Waals surface area contributed by atoms with Crippen LogP contribution in [0.25, 0.3) is 23.0 Å². The number of aliphatic hydroxyl groups excluding tert-OH is 2. The molecule has 42 heavy (non-hydrogen) atoms. The van der Waals surface area contributed by atoms with Crippen LogP contribution in [0, 0.1) is 22.7 Å². The second-order valence-corrected chi connectivity index (χ2v) is 12.9. The molecule has 3 aliphatic rings. The van der Waals surface area contributed by atoms with Crippen molar-refractivity contribution in [3.05, 3.63) is 76.1 Å². The molecule has 7 heteroatoms. The fourth-order valence-electron chi connectivity index (χ4n) is 8.02. The van der Waals surface area contributed by atoms with Crippen LogP contribution in [-0.4, -0.2) is 43.4 Å². The van der Waals surface area contributed by atoms with E-state index in [2.05, 4.69) is 13.0 Å². The summed E-state index contributed by atoms with van der Waals surface area (Å²) < 4.78 is 0. The maximum Gasteiger partial charge on any atom is 0.203 e. The summed E-state index contributed by atoms with van der Waals surface area (Å²) in [5.74, 6) is -5.29. The molecule has 2 aromatic carbocycles. The first-order valence-corrected chi connectivity index (χ1v) is 14.5. The van der Waals surface area contributed by atoms with Gasteiger partial charge in [-0.05, 0) is 60.4 Å². The Morgan fingerprint density at radius 2 is 1.69 bits per heavy atom. The molecule has 5 rings (SSSR count). The molecule has 0 radical (unpaired) electrons. The molecule has 0 amide bonds. The first-order chi connectivity index (χ1) is 19.6. The van der Waals surface area contributed by atoms with Gasteiger partial charge in [-0.1, -0.05) is 77.1 Å². The van der Waals surface area contributed by atoms with Crippen LogP contribution in [0.2, 0.25) is 0 Å². The van der Waals surface area contributed by atoms with Crippen LogP contribution < -0.4 is 0 Å². The van der Waals surface area contributed by atoms with Crippen LogP contribution >= 0.6 is 0 Å². The van der Waals surface area contributed by atoms with E-state index >= 15 is 0 Å². The molecule has 1 unspecified atom stereocenters. The monoisotopic (exact) mass is 570 g/mol. The molecule has 0 heterocycles. The zero-order valence-corrected chi connectivity index (χ0v) is 24.9. The van der Waals surface area contributed by atoms with Crippen LogP contribution in [0.15, 0.2) is 59.4 Å². The van der Waals surface area contributed by atoms with Crippen molar-refractivity contribution in [2.75, 3.05) is 0 Å². The van der Waals surface area contributed by atoms with E-state index in [0.29, 0.717) is 5.56 Å². The summed E-state index contributed by atoms with van der Waals surface area (Å²) in [5.41, 5.74) is -2.46. The number of carbonyl (C=O) groups excluding carboxylic acids is 3. The van der Waals surface area contributed by atoms with Crippen molar-refractivity contribution in [2.24, 2.45) is 22.7 Å². The highest BCUT2D eigenvalue weighted by Gasteiger charge is 2.72. The summed E-state index contributed by atoms with van der Waals surface area (Å²) in [4.78, 5) is 40.6. The van der Waals surface area contributed by atoms with Gasteiger partial charge in [0, 0.05) is 22.3 Å². The first-order valence-electron chi connectivity index (χ1n) is 14.5. The van der Waals surface area contributed by atoms with Crippen molar-refractivity contribution in [1.29, 1.82) is 0 Å². The SMILES string of the molecule is CC/C=C\c1ccc(-c2ccc(O)c3c2C[C@]2(C)C[C@]4(C)C(C(C)C)C(=O)C(C(C)=O)=C(O)[C@]4(O)C(=O)C2=C3O)cc1. The predicted octanol–water partition coefficient (Wildman–Crippen LogP) is 6.28. The molecule has 0 bridgehead atoms. The smallest absolute Gasteiger partial charge is 0.203 e. The molecule has 0 spiro atoms. The number of phenolic OH excluding ortho intramolecular Hbond substituents is 1. The van der Waals surface area contributed by atoms with Gasteiger partial charge in [-0.25, -0.2) is 0 Å². The van der Waals surface area contributed by atoms with E-state index in [0.717, 1.165) is 30.0 Å². The average molecular weight is 571 g/mol. The Morgan fingerprint density at radius 1 is 1.05 bits per heavy atom. The van der Waals surface area contributed by atoms with Crippen LogP contribution in [0.3, 0.4) is 0 Å². The summed E-state index contributed by atoms with van der Waals surface area (Å²) in [6, 6.07) is 11.1. The van der Waals surface area contributed by atoms with E-state index in [1.165, 1.54) is 6.07 Å². The van der Waals surface area contributed by atoms with E-state index in [1.54, 1.807) is 33.8 Å². The third-order valence-corrected chi connectivity index (χ3v) is 9.66. The van der Waals surface area contributed by atoms with E-state index in [-0.39, 0.29) is 35.6 Å². The third-order valence-electron chi connectivity index (χ3n) is 9.66. The highest BCUT2D eigenvalue weighted by Crippen LogP contribution is 2.65. The lowest BCUT2D eigenvalue weighted by atomic mass is 9.43. The zero-order chi connectivity index (χ0) is 30.9. The van der Waals surface area contributed by atoms with Gasteiger partial charge < -0.3 is 20.4 Å². The normalized spacial score (nSPS) is 29.2. The van der Waals surface area contributed by atoms with Gasteiger partial charge in [-0.15, -0.1) is 0 Å². The Hall–Kier alpha value is -3.97. The van der Waals surface area contributed by atoms with E-state index < -0.39 is 56.8 Å². The molecule has 4 atom stereocenters. The number of hydrogen-bond acceptors (Lipinski definition) is 7. The van der Waals surface area contributed by atoms with Gasteiger partial charge in [-0.2, -0.15) is 0 Å². The van der Waals surface area contributed by atoms with Crippen molar-refractivity contribution in [1.82, 2.24) is 0 Å². The summed E-state index contributed by atoms with van der Waals surface area (Å²) in [6.45, 7) is 10.2. The van der Waals surface area contributed by atoms with Gasteiger partial charge in [-0.3, -0.25) is 14.4 Å². The Morgan fingerprint density at radius 3 is 2.26 bits per heavy atom. The molecule has 1 saturated carbocycles. The number of Topliss-reactive ketones (excluding diaryl/α,β-unsaturated/α-hetero) is 3. The van der Waals surface area contributed by atoms with Gasteiger partial charge >= 0.3 is 0 Å². The fourth-order valence-corrected chi connectivity index (χ4v) is 8.02. The molecule has 7 nitrogen and oxygen atoms in total. The Kier molecular flexibility index (Phi) is 6.89. The minimum Gasteiger partial charge on any atom is -0.508 e. The number of benzene rings is 2. The summed E-state index contributed by atoms with van der Waals surface area (Å²) in [5, 5.41) is 46.1. The van der Waals surface area contributed by atoms with Crippen molar-refractivity contribution < 1.29 is 34.8 Å². The second-order valence-electron chi connectivity index (χ2n) is 12.9. The topological polar surface area (TPSA) is 132 Å². The maximum absolute atomic E-state index is 14.4. The van der Waals surface area contributed by atoms with Gasteiger partial charge in [0.15, 0.2) is 17.2 Å². The van der Waals surface area contributed by atoms with Gasteiger partial charge in [0.25, 0.3) is 0 Å². The lowest BCUT2D eigenvalue weighted by Gasteiger charge is -2.59. The van der Waals surface area contributed by atoms with Crippen LogP contribution in [0.1, 0.15) is 71.1 Å². The molecular formula is C35H38O7. The Bertz CT molecular complexity index is 1620. The first kappa shape index (κ1) is 29.5. The molecule has 4 N–H and O–H groups in total. The average Bonchev–Trinajstić information content (AvgIpc) is 2.89. The van der Waals surface area contributed by atoms with Crippen molar-refractivity contribution in [3.8, 4) is 16.9 Å². The minimum atomic E-state index is -2.62. The van der Waals surface area contributed by atoms with Crippen molar-refractivity contribution in [2.45, 2.75) is 66.4 Å². The van der Waals surface area contributed by atoms with E-state index in [9.17, 15) is 34.8 Å². The van der Waals surface area contributed by atoms with Gasteiger partial charge in [0.1, 0.15) is 22.8 Å². The Labute approximate surface area is 245 Å². The zero-order valence-electron chi connectivity index (χ0n) is 24.9. The van der Waals surface area contributed by atoms with Gasteiger partial charge in [0.05, 0.1) is 5.56 Å². The lowest BCUT2D eigenvalue weighted by molar-refractivity contribution is -0.178. The van der Waals surface area contributed by atoms with Crippen molar-refractivity contribution in [3.63, 3.8) is 0 Å². The number of hydrogen-bond donors (Lipinski definition) is 4. The summed E-state index contributed by atoms with van der Waals surface area (Å²) >= 11 is 0. The van der Waals surface area contributed by atoms with Crippen LogP contribution in [-0.2, 0) is 20.8 Å². The van der Waals surface area contributed by atoms with Crippen LogP contribution in [0.5, 0.6) is 5.75 Å². The van der Waals surface area contributed by atoms with Crippen LogP contribution in [0.4, 0.5) is 0 Å². The quantitative estimate of drug-likeness (QED) is 0.311. The number of ketones is 3. The second kappa shape index (κ2) is 9.80. The number of fused-ring (bicyclic) bond motifs is 3. The van der Waals surface area contributed by atoms with Gasteiger partial charge in [0.2, 0.25) is 5.78 Å². The van der Waals surface area contributed by atoms with Crippen molar-refractivity contribution >= 4 is 29.2 Å². The number of rotatable bonds is 5. The molecule has 220 valence electrons. The molecule has 2 aromatic rings. The third kappa shape index (κ3) is 3.86. The van der Waals surface area contributed by atoms with E-state index in [4.69, 9.17) is 0 Å². The predicted molar refractivity (Wildman–Crippen MR) is 161 cm³/mol. The number of phenols is 1. The van der Waals surface area contributed by atoms with E-state index in [1.807, 2.05) is 30.3 Å². The molecule has 1 fully saturated rings. The number of carbonyl (C=O) groups is 3. The molecule has 3 aliphatic carbocycles. The standard InChI is InChI=1S/C35H38O7/c1-7-8-9-20-10-12-21(13-11-20)22-14-15-24(37)26-23(22)16-33(5)17-34(6)27(18(2)3)29(38)25(19(4)36)31(40)35(34,42)32(41)28(33)30(26)39/h8-15,18,27,37,39-40,42H,7,16-17H2,1-6H3/b9-8-/t27?,33-,34-,35+/m1/s1. The summed E-state index contributed by atoms with van der Waals surface area (Å²) in [6.07, 6.45) is 5.30. The highest BCUT2D eigenvalue weighted by atomic mass is 16.3. The molecular weight excluding hydrogens is 532 g/mol. The maximum atomic E-state index is 14.4. The molecule has 0 aliphatic heterocycles. The number of allylic oxidation sites excluding steroid dienone is 2. The Balaban J connectivity index is 1.76. The lowest BCUT2D eigenvalue weighted by Crippen LogP contribution is -2.69. The number of aromatic hydroxyl groups is 1. The molecule has 0 saturated heterocycles. The summed E-state index contributed by atoms with van der Waals surface area (Å²) in [7, 11) is 0.